The second-order valence-electron chi connectivity index (χ2n) is 23.3. The molecule has 0 spiro atoms. The van der Waals surface area contributed by atoms with E-state index >= 15 is 0 Å². The van der Waals surface area contributed by atoms with Crippen molar-refractivity contribution in [1.82, 2.24) is 10.6 Å². The smallest absolute Gasteiger partial charge is 0.328 e. The zero-order chi connectivity index (χ0) is 58.7. The van der Waals surface area contributed by atoms with Crippen molar-refractivity contribution in [3.63, 3.8) is 0 Å². The lowest BCUT2D eigenvalue weighted by molar-refractivity contribution is -0.135. The van der Waals surface area contributed by atoms with Crippen LogP contribution in [0, 0.1) is 17.8 Å². The quantitative estimate of drug-likeness (QED) is 0.0223. The molecule has 0 bridgehead atoms. The number of carbonyl (C=O) groups excluding carboxylic acids is 3. The highest BCUT2D eigenvalue weighted by atomic mass is 16.5. The molecular weight excluding hydrogens is 1040 g/mol. The highest BCUT2D eigenvalue weighted by Crippen LogP contribution is 2.40. The monoisotopic (exact) mass is 1130 g/mol. The van der Waals surface area contributed by atoms with Crippen molar-refractivity contribution in [3.8, 4) is 39.9 Å². The highest BCUT2D eigenvalue weighted by Gasteiger charge is 2.34. The van der Waals surface area contributed by atoms with Crippen molar-refractivity contribution in [2.75, 3.05) is 19.8 Å². The SMILES string of the molecule is CCCCCCCCCCCCOc1cc(COc2ccc(N=Nc3ccc(COc4ccc(-c5ccc(CC6C(=O)NC(=O)NC6=O)cc5)cc4)cc3)cc2)cc(OCCCCCCCCCCCC)c1OCC[C@H](C)CCCC(C)C. The van der Waals surface area contributed by atoms with Gasteiger partial charge in [-0.05, 0) is 126 Å². The van der Waals surface area contributed by atoms with Crippen molar-refractivity contribution in [2.45, 2.75) is 208 Å². The van der Waals surface area contributed by atoms with Gasteiger partial charge < -0.3 is 23.7 Å². The van der Waals surface area contributed by atoms with Crippen molar-refractivity contribution in [3.05, 3.63) is 126 Å². The molecule has 12 heteroatoms. The summed E-state index contributed by atoms with van der Waals surface area (Å²) in [5.74, 6) is 2.84. The van der Waals surface area contributed by atoms with Crippen molar-refractivity contribution >= 4 is 29.2 Å². The summed E-state index contributed by atoms with van der Waals surface area (Å²) in [4.78, 5) is 35.7. The molecule has 0 unspecified atom stereocenters. The molecule has 5 aromatic carbocycles. The van der Waals surface area contributed by atoms with Crippen molar-refractivity contribution in [1.29, 1.82) is 0 Å². The van der Waals surface area contributed by atoms with E-state index in [1.165, 1.54) is 122 Å². The largest absolute Gasteiger partial charge is 0.490 e. The third-order valence-corrected chi connectivity index (χ3v) is 15.5. The Morgan fingerprint density at radius 3 is 1.33 bits per heavy atom. The molecule has 83 heavy (non-hydrogen) atoms. The number of amides is 4. The van der Waals surface area contributed by atoms with Crippen LogP contribution < -0.4 is 34.3 Å². The Morgan fingerprint density at radius 1 is 0.422 bits per heavy atom. The van der Waals surface area contributed by atoms with Gasteiger partial charge in [0.1, 0.15) is 30.6 Å². The minimum Gasteiger partial charge on any atom is -0.490 e. The minimum absolute atomic E-state index is 0.202. The molecule has 1 atom stereocenters. The molecular formula is C71H98N4O8. The number of benzene rings is 5. The fourth-order valence-corrected chi connectivity index (χ4v) is 10.3. The molecule has 0 saturated carbocycles. The summed E-state index contributed by atoms with van der Waals surface area (Å²) in [5, 5.41) is 13.3. The maximum atomic E-state index is 12.2. The number of rotatable bonds is 43. The average Bonchev–Trinajstić information content (AvgIpc) is 3.69. The Kier molecular flexibility index (Phi) is 30.1. The van der Waals surface area contributed by atoms with E-state index in [4.69, 9.17) is 23.7 Å². The average molecular weight is 1140 g/mol. The molecule has 0 aromatic heterocycles. The van der Waals surface area contributed by atoms with Gasteiger partial charge in [-0.25, -0.2) is 4.79 Å². The van der Waals surface area contributed by atoms with Gasteiger partial charge in [-0.3, -0.25) is 20.2 Å². The molecule has 1 saturated heterocycles. The first-order chi connectivity index (χ1) is 40.6. The minimum atomic E-state index is -0.948. The van der Waals surface area contributed by atoms with Crippen LogP contribution in [0.4, 0.5) is 16.2 Å². The number of hydrogen-bond donors (Lipinski definition) is 2. The molecule has 0 aliphatic carbocycles. The Balaban J connectivity index is 1.01. The summed E-state index contributed by atoms with van der Waals surface area (Å²) >= 11 is 0. The zero-order valence-electron chi connectivity index (χ0n) is 51.0. The fourth-order valence-electron chi connectivity index (χ4n) is 10.3. The summed E-state index contributed by atoms with van der Waals surface area (Å²) < 4.78 is 32.5. The second-order valence-corrected chi connectivity index (χ2v) is 23.3. The van der Waals surface area contributed by atoms with Crippen LogP contribution in [0.2, 0.25) is 0 Å². The number of urea groups is 1. The molecule has 450 valence electrons. The Bertz CT molecular complexity index is 2590. The van der Waals surface area contributed by atoms with Crippen LogP contribution in [0.25, 0.3) is 11.1 Å². The Labute approximate surface area is 497 Å². The first-order valence-electron chi connectivity index (χ1n) is 31.8. The summed E-state index contributed by atoms with van der Waals surface area (Å²) in [6.45, 7) is 14.1. The third kappa shape index (κ3) is 25.4. The van der Waals surface area contributed by atoms with E-state index in [1.807, 2.05) is 97.1 Å². The number of nitrogens with zero attached hydrogens (tertiary/aromatic N) is 2. The molecule has 1 aliphatic rings. The van der Waals surface area contributed by atoms with Gasteiger partial charge in [0, 0.05) is 0 Å². The molecule has 1 fully saturated rings. The van der Waals surface area contributed by atoms with Gasteiger partial charge in [0.25, 0.3) is 0 Å². The van der Waals surface area contributed by atoms with Gasteiger partial charge in [-0.15, -0.1) is 0 Å². The summed E-state index contributed by atoms with van der Waals surface area (Å²) in [5.41, 5.74) is 6.20. The molecule has 1 aliphatic heterocycles. The van der Waals surface area contributed by atoms with E-state index in [1.54, 1.807) is 0 Å². The molecule has 12 nitrogen and oxygen atoms in total. The Morgan fingerprint density at radius 2 is 0.843 bits per heavy atom. The predicted octanol–water partition coefficient (Wildman–Crippen LogP) is 19.3. The highest BCUT2D eigenvalue weighted by molar-refractivity contribution is 6.16. The number of ether oxygens (including phenoxy) is 5. The van der Waals surface area contributed by atoms with E-state index in [0.29, 0.717) is 44.6 Å². The number of unbranched alkanes of at least 4 members (excludes halogenated alkanes) is 18. The predicted molar refractivity (Wildman–Crippen MR) is 336 cm³/mol. The molecule has 1 heterocycles. The van der Waals surface area contributed by atoms with Crippen LogP contribution in [0.15, 0.2) is 119 Å². The lowest BCUT2D eigenvalue weighted by atomic mass is 9.95. The van der Waals surface area contributed by atoms with E-state index in [0.717, 1.165) is 100 Å². The number of carbonyl (C=O) groups is 3. The third-order valence-electron chi connectivity index (χ3n) is 15.5. The van der Waals surface area contributed by atoms with Gasteiger partial charge in [-0.2, -0.15) is 10.2 Å². The van der Waals surface area contributed by atoms with Crippen molar-refractivity contribution < 1.29 is 38.1 Å². The first-order valence-corrected chi connectivity index (χ1v) is 31.8. The maximum absolute atomic E-state index is 12.2. The van der Waals surface area contributed by atoms with Crippen LogP contribution in [0.3, 0.4) is 0 Å². The number of azo groups is 1. The number of hydrogen-bond acceptors (Lipinski definition) is 10. The van der Waals surface area contributed by atoms with Crippen LogP contribution in [0.5, 0.6) is 28.7 Å². The lowest BCUT2D eigenvalue weighted by Crippen LogP contribution is -2.56. The normalized spacial score (nSPS) is 13.1. The summed E-state index contributed by atoms with van der Waals surface area (Å²) in [6, 6.07) is 34.4. The van der Waals surface area contributed by atoms with E-state index < -0.39 is 23.8 Å². The summed E-state index contributed by atoms with van der Waals surface area (Å²) in [7, 11) is 0. The van der Waals surface area contributed by atoms with E-state index in [-0.39, 0.29) is 6.42 Å². The molecule has 0 radical (unpaired) electrons. The molecule has 4 amide bonds. The summed E-state index contributed by atoms with van der Waals surface area (Å²) in [6.07, 6.45) is 30.4. The zero-order valence-corrected chi connectivity index (χ0v) is 51.0. The number of nitrogens with one attached hydrogen (secondary N) is 2. The first kappa shape index (κ1) is 65.5. The van der Waals surface area contributed by atoms with Crippen LogP contribution in [-0.2, 0) is 29.2 Å². The van der Waals surface area contributed by atoms with Gasteiger partial charge in [-0.1, -0.05) is 218 Å². The van der Waals surface area contributed by atoms with E-state index in [2.05, 4.69) is 67.6 Å². The molecule has 6 rings (SSSR count). The van der Waals surface area contributed by atoms with Crippen LogP contribution in [-0.4, -0.2) is 37.7 Å². The maximum Gasteiger partial charge on any atom is 0.328 e. The lowest BCUT2D eigenvalue weighted by Gasteiger charge is -2.20. The molecule has 2 N–H and O–H groups in total. The molecule has 5 aromatic rings. The number of imide groups is 2. The number of barbiturate groups is 1. The van der Waals surface area contributed by atoms with Gasteiger partial charge in [0.15, 0.2) is 11.5 Å². The van der Waals surface area contributed by atoms with Gasteiger partial charge in [0.2, 0.25) is 17.6 Å². The Hall–Kier alpha value is -6.69. The van der Waals surface area contributed by atoms with Crippen molar-refractivity contribution in [2.24, 2.45) is 28.0 Å². The van der Waals surface area contributed by atoms with E-state index in [9.17, 15) is 14.4 Å². The van der Waals surface area contributed by atoms with Crippen LogP contribution in [0.1, 0.15) is 205 Å². The topological polar surface area (TPSA) is 146 Å². The van der Waals surface area contributed by atoms with Crippen LogP contribution >= 0.6 is 0 Å². The fraction of sp³-hybridized carbons (Fsp3) is 0.535. The van der Waals surface area contributed by atoms with Gasteiger partial charge in [0.05, 0.1) is 31.2 Å². The van der Waals surface area contributed by atoms with Gasteiger partial charge >= 0.3 is 6.03 Å². The second kappa shape index (κ2) is 38.2. The standard InChI is InChI=1S/C71H98N4O8/c1-6-8-10-12-14-16-18-20-22-24-46-79-66-50-58(51-67(68(66)81-48-45-55(5)28-26-27-54(3)4)80-47-25-23-21-19-17-15-13-11-9-7-2)53-83-64-43-39-62(40-44-64)75-74-61-37-31-57(32-38-61)52-82-63-41-35-60(36-42-63)59-33-29-56(30-34-59)49-65-69(76)72-71(78)73-70(65)77/h29-44,50-51,54-55,65H,6-28,45-49,52-53H2,1-5H3,(H2,72,73,76,77,78)/t55-/m1/s1.